The number of imidazole rings is 1. The first-order chi connectivity index (χ1) is 35.8. The summed E-state index contributed by atoms with van der Waals surface area (Å²) in [5.74, 6) is -12.1. The fourth-order valence-electron chi connectivity index (χ4n) is 8.11. The quantitative estimate of drug-likeness (QED) is 0.0307. The zero-order chi connectivity index (χ0) is 56.6. The maximum absolute atomic E-state index is 14.6. The number of aromatic amines is 2. The van der Waals surface area contributed by atoms with Crippen LogP contribution in [0.2, 0.25) is 0 Å². The lowest BCUT2D eigenvalue weighted by Crippen LogP contribution is -2.62. The second-order valence-corrected chi connectivity index (χ2v) is 18.3. The van der Waals surface area contributed by atoms with Crippen LogP contribution < -0.4 is 54.4 Å². The summed E-state index contributed by atoms with van der Waals surface area (Å²) in [5, 5.41) is 67.5. The van der Waals surface area contributed by atoms with Crippen LogP contribution in [0.5, 0.6) is 0 Å². The highest BCUT2D eigenvalue weighted by Gasteiger charge is 2.42. The summed E-state index contributed by atoms with van der Waals surface area (Å²) >= 11 is 0. The summed E-state index contributed by atoms with van der Waals surface area (Å²) in [4.78, 5) is 156. The van der Waals surface area contributed by atoms with Crippen LogP contribution in [0.15, 0.2) is 43.0 Å². The van der Waals surface area contributed by atoms with Crippen molar-refractivity contribution < 1.29 is 78.3 Å². The number of aliphatic hydroxyl groups is 4. The van der Waals surface area contributed by atoms with Gasteiger partial charge in [-0.2, -0.15) is 0 Å². The molecule has 30 nitrogen and oxygen atoms in total. The molecule has 10 amide bonds. The van der Waals surface area contributed by atoms with Gasteiger partial charge in [-0.05, 0) is 51.7 Å². The summed E-state index contributed by atoms with van der Waals surface area (Å²) in [6, 6.07) is -7.98. The minimum Gasteiger partial charge on any atom is -0.480 e. The molecule has 30 heteroatoms. The van der Waals surface area contributed by atoms with E-state index in [0.29, 0.717) is 22.2 Å². The average Bonchev–Trinajstić information content (AvgIpc) is 4.16. The number of aliphatic carboxylic acids is 1. The molecule has 3 aromatic rings. The normalized spacial score (nSPS) is 17.6. The second kappa shape index (κ2) is 28.0. The van der Waals surface area contributed by atoms with E-state index < -0.39 is 151 Å². The number of carboxylic acid groups (broad SMARTS) is 1. The molecule has 12 atom stereocenters. The van der Waals surface area contributed by atoms with Gasteiger partial charge >= 0.3 is 5.97 Å². The van der Waals surface area contributed by atoms with E-state index in [4.69, 9.17) is 17.2 Å². The molecule has 1 saturated heterocycles. The number of H-pyrrole nitrogens is 2. The number of carbonyl (C=O) groups excluding carboxylic acids is 10. The summed E-state index contributed by atoms with van der Waals surface area (Å²) in [7, 11) is 0. The van der Waals surface area contributed by atoms with Gasteiger partial charge in [0.15, 0.2) is 6.04 Å². The van der Waals surface area contributed by atoms with Gasteiger partial charge in [0.1, 0.15) is 42.3 Å². The number of benzene rings is 1. The molecular weight excluding hydrogens is 1000 g/mol. The van der Waals surface area contributed by atoms with Crippen LogP contribution in [0, 0.1) is 0 Å². The molecule has 1 fully saturated rings. The molecule has 0 saturated carbocycles. The van der Waals surface area contributed by atoms with E-state index in [1.165, 1.54) is 12.5 Å². The Morgan fingerprint density at radius 3 is 1.86 bits per heavy atom. The van der Waals surface area contributed by atoms with E-state index in [-0.39, 0.29) is 45.1 Å². The van der Waals surface area contributed by atoms with Crippen LogP contribution in [0.3, 0.4) is 0 Å². The Hall–Kier alpha value is -8.06. The zero-order valence-corrected chi connectivity index (χ0v) is 41.7. The summed E-state index contributed by atoms with van der Waals surface area (Å²) in [5.41, 5.74) is 17.9. The van der Waals surface area contributed by atoms with Gasteiger partial charge in [0.05, 0.1) is 43.7 Å². The van der Waals surface area contributed by atoms with Crippen LogP contribution in [0.1, 0.15) is 64.1 Å². The van der Waals surface area contributed by atoms with Crippen LogP contribution in [0.25, 0.3) is 10.9 Å². The number of nitrogens with two attached hydrogens (primary N) is 3. The van der Waals surface area contributed by atoms with Gasteiger partial charge in [-0.15, -0.1) is 0 Å². The molecule has 416 valence electrons. The average molecular weight is 1070 g/mol. The second-order valence-electron chi connectivity index (χ2n) is 18.3. The maximum Gasteiger partial charge on any atom is 0.328 e. The van der Waals surface area contributed by atoms with Crippen molar-refractivity contribution in [2.45, 2.75) is 138 Å². The lowest BCUT2D eigenvalue weighted by atomic mass is 10.0. The van der Waals surface area contributed by atoms with Crippen molar-refractivity contribution in [3.63, 3.8) is 0 Å². The Labute approximate surface area is 433 Å². The Bertz CT molecular complexity index is 2570. The SMILES string of the molecule is C[C@@H](O)[C@H](NC(=O)[C@@H](NC(=O)[C@@H]1CCCN1C(=O)[C@H](Cc1c[nH]c2ccccc12)NC(=O)[C@H](CO)NC(=O)[C@H](CC(N)=O)NC(=O)[C@@H](NC(=O)[C@H](Cc1cnc[nH]1)NC(=O)[C@@H](N)CCC(N)=O)[C@@H](C)O)[C@@H](C)O)C(=O)O. The van der Waals surface area contributed by atoms with Gasteiger partial charge in [-0.1, -0.05) is 18.2 Å². The number of aromatic nitrogens is 3. The van der Waals surface area contributed by atoms with Crippen molar-refractivity contribution in [3.8, 4) is 0 Å². The lowest BCUT2D eigenvalue weighted by Gasteiger charge is -2.31. The van der Waals surface area contributed by atoms with Gasteiger partial charge in [0.2, 0.25) is 59.1 Å². The van der Waals surface area contributed by atoms with Crippen molar-refractivity contribution in [1.82, 2.24) is 57.1 Å². The Kier molecular flexibility index (Phi) is 22.3. The molecule has 3 heterocycles. The third-order valence-corrected chi connectivity index (χ3v) is 12.2. The molecule has 0 spiro atoms. The Balaban J connectivity index is 1.55. The van der Waals surface area contributed by atoms with Crippen LogP contribution in [-0.4, -0.2) is 196 Å². The van der Waals surface area contributed by atoms with E-state index in [2.05, 4.69) is 52.2 Å². The third-order valence-electron chi connectivity index (χ3n) is 12.2. The number of carboxylic acids is 1. The van der Waals surface area contributed by atoms with E-state index in [9.17, 15) is 78.3 Å². The topological polar surface area (TPSA) is 499 Å². The van der Waals surface area contributed by atoms with Crippen LogP contribution in [-0.2, 0) is 65.6 Å². The fraction of sp³-hybridized carbons (Fsp3) is 0.522. The molecule has 0 aliphatic carbocycles. The number of amides is 10. The zero-order valence-electron chi connectivity index (χ0n) is 41.7. The highest BCUT2D eigenvalue weighted by molar-refractivity contribution is 6.00. The largest absolute Gasteiger partial charge is 0.480 e. The van der Waals surface area contributed by atoms with E-state index in [0.717, 1.165) is 25.7 Å². The monoisotopic (exact) mass is 1070 g/mol. The number of primary amides is 2. The van der Waals surface area contributed by atoms with Gasteiger partial charge in [0.25, 0.3) is 0 Å². The first kappa shape index (κ1) is 60.5. The van der Waals surface area contributed by atoms with Gasteiger partial charge in [0, 0.05) is 54.8 Å². The highest BCUT2D eigenvalue weighted by atomic mass is 16.4. The first-order valence-corrected chi connectivity index (χ1v) is 24.0. The minimum absolute atomic E-state index is 0.0313. The van der Waals surface area contributed by atoms with Gasteiger partial charge in [-0.3, -0.25) is 47.9 Å². The Morgan fingerprint density at radius 2 is 1.26 bits per heavy atom. The number of carbonyl (C=O) groups is 11. The van der Waals surface area contributed by atoms with Crippen molar-refractivity contribution in [1.29, 1.82) is 0 Å². The summed E-state index contributed by atoms with van der Waals surface area (Å²) < 4.78 is 0. The molecule has 4 rings (SSSR count). The fourth-order valence-corrected chi connectivity index (χ4v) is 8.11. The van der Waals surface area contributed by atoms with Gasteiger partial charge < -0.3 is 94.8 Å². The number of hydrogen-bond acceptors (Lipinski definition) is 17. The number of rotatable bonds is 29. The van der Waals surface area contributed by atoms with Crippen molar-refractivity contribution in [2.24, 2.45) is 17.2 Å². The molecule has 0 radical (unpaired) electrons. The molecular formula is C46H66N14O16. The van der Waals surface area contributed by atoms with Crippen molar-refractivity contribution in [3.05, 3.63) is 54.2 Å². The van der Waals surface area contributed by atoms with E-state index in [1.54, 1.807) is 30.5 Å². The standard InChI is InChI=1S/C46H66N14O16/c1-20(62)35(57-40(69)28(14-24-17-50-19-52-24)53-38(67)26(47)10-11-33(48)65)43(72)54-29(15-34(49)66)39(68)56-31(18-61)41(70)55-30(13-23-16-51-27-8-5-4-7-25(23)27)45(74)60-12-6-9-32(60)42(71)58-36(21(2)63)44(73)59-37(22(3)64)46(75)76/h4-5,7-8,16-17,19-22,26,28-32,35-37,51,61-64H,6,9-15,18,47H2,1-3H3,(H2,48,65)(H2,49,66)(H,50,52)(H,53,67)(H,54,72)(H,55,70)(H,56,68)(H,57,69)(H,58,71)(H,59,73)(H,75,76)/t20-,21-,22-,26+,28+,29+,30+,31+,32+,35+,36+,37+/m1/s1. The molecule has 0 unspecified atom stereocenters. The number of para-hydroxylation sites is 1. The van der Waals surface area contributed by atoms with Crippen molar-refractivity contribution in [2.75, 3.05) is 13.2 Å². The lowest BCUT2D eigenvalue weighted by molar-refractivity contribution is -0.146. The highest BCUT2D eigenvalue weighted by Crippen LogP contribution is 2.23. The smallest absolute Gasteiger partial charge is 0.328 e. The van der Waals surface area contributed by atoms with E-state index in [1.807, 2.05) is 0 Å². The molecule has 1 aliphatic rings. The molecule has 20 N–H and O–H groups in total. The summed E-state index contributed by atoms with van der Waals surface area (Å²) in [6.07, 6.45) is -2.26. The number of aliphatic hydroxyl groups excluding tert-OH is 4. The number of fused-ring (bicyclic) bond motifs is 1. The van der Waals surface area contributed by atoms with Gasteiger partial charge in [-0.25, -0.2) is 9.78 Å². The number of likely N-dealkylation sites (tertiary alicyclic amines) is 1. The molecule has 76 heavy (non-hydrogen) atoms. The number of nitrogens with one attached hydrogen (secondary N) is 9. The molecule has 1 aliphatic heterocycles. The predicted molar refractivity (Wildman–Crippen MR) is 263 cm³/mol. The first-order valence-electron chi connectivity index (χ1n) is 24.0. The molecule has 0 bridgehead atoms. The van der Waals surface area contributed by atoms with Crippen molar-refractivity contribution >= 4 is 75.9 Å². The predicted octanol–water partition coefficient (Wildman–Crippen LogP) is -7.25. The third kappa shape index (κ3) is 17.0. The number of hydrogen-bond donors (Lipinski definition) is 17. The molecule has 2 aromatic heterocycles. The maximum atomic E-state index is 14.6. The molecule has 1 aromatic carbocycles. The minimum atomic E-state index is -1.93. The van der Waals surface area contributed by atoms with Crippen LogP contribution >= 0.6 is 0 Å². The van der Waals surface area contributed by atoms with Crippen LogP contribution in [0.4, 0.5) is 0 Å². The Morgan fingerprint density at radius 1 is 0.697 bits per heavy atom. The van der Waals surface area contributed by atoms with E-state index >= 15 is 0 Å². The number of nitrogens with zero attached hydrogens (tertiary/aromatic N) is 2. The summed E-state index contributed by atoms with van der Waals surface area (Å²) in [6.45, 7) is 2.14.